The van der Waals surface area contributed by atoms with E-state index in [0.717, 1.165) is 0 Å². The Labute approximate surface area is 99.5 Å². The first-order valence-electron chi connectivity index (χ1n) is 2.18. The van der Waals surface area contributed by atoms with Gasteiger partial charge in [-0.15, -0.1) is 0 Å². The molecule has 0 aliphatic rings. The molecule has 0 N–H and O–H groups in total. The van der Waals surface area contributed by atoms with Crippen LogP contribution in [0, 0.1) is 50.9 Å². The van der Waals surface area contributed by atoms with Crippen LogP contribution in [0.3, 0.4) is 0 Å². The molecule has 0 saturated heterocycles. The Morgan fingerprint density at radius 3 is 2.44 bits per heavy atom. The number of aromatic nitrogens is 1. The summed E-state index contributed by atoms with van der Waals surface area (Å²) in [5.74, 6) is 0. The summed E-state index contributed by atoms with van der Waals surface area (Å²) in [5, 5.41) is 0. The molecule has 0 amide bonds. The number of pyridine rings is 1. The molecule has 0 aromatic carbocycles. The van der Waals surface area contributed by atoms with Gasteiger partial charge in [-0.25, -0.2) is 0 Å². The van der Waals surface area contributed by atoms with E-state index < -0.39 is 0 Å². The van der Waals surface area contributed by atoms with Gasteiger partial charge in [0, 0.05) is 58.8 Å². The maximum atomic E-state index is 3.72. The fraction of sp³-hybridized carbons (Fsp3) is 0.167. The quantitative estimate of drug-likeness (QED) is 0.655. The fourth-order valence-electron chi connectivity index (χ4n) is 0.385. The van der Waals surface area contributed by atoms with Crippen LogP contribution in [0.25, 0.3) is 0 Å². The standard InChI is InChI=1S/C6H6N.Ar.W/c1-6-2-4-7-5-3-6;;/h2-4H,1H3;;/q-1;;. The van der Waals surface area contributed by atoms with E-state index in [0.29, 0.717) is 0 Å². The molecule has 0 aliphatic carbocycles. The van der Waals surface area contributed by atoms with Crippen molar-refractivity contribution < 1.29 is 58.8 Å². The molecule has 0 bridgehead atoms. The van der Waals surface area contributed by atoms with E-state index in [1.165, 1.54) is 5.56 Å². The summed E-state index contributed by atoms with van der Waals surface area (Å²) in [6, 6.07) is 3.79. The van der Waals surface area contributed by atoms with Crippen LogP contribution in [0.2, 0.25) is 0 Å². The molecule has 0 atom stereocenters. The van der Waals surface area contributed by atoms with Gasteiger partial charge in [-0.1, -0.05) is 19.3 Å². The minimum atomic E-state index is 0. The second-order valence-corrected chi connectivity index (χ2v) is 1.46. The van der Waals surface area contributed by atoms with E-state index in [1.807, 2.05) is 19.1 Å². The molecule has 0 spiro atoms. The fourth-order valence-corrected chi connectivity index (χ4v) is 0.385. The monoisotopic (exact) mass is 316 g/mol. The van der Waals surface area contributed by atoms with Crippen molar-refractivity contribution in [3.05, 3.63) is 30.1 Å². The van der Waals surface area contributed by atoms with Crippen molar-refractivity contribution in [2.45, 2.75) is 6.92 Å². The van der Waals surface area contributed by atoms with Gasteiger partial charge in [-0.2, -0.15) is 17.7 Å². The normalized spacial score (nSPS) is 6.78. The van der Waals surface area contributed by atoms with Crippen LogP contribution < -0.4 is 0 Å². The zero-order valence-corrected chi connectivity index (χ0v) is 8.58. The Morgan fingerprint density at radius 2 is 2.22 bits per heavy atom. The average molecular weight is 316 g/mol. The second-order valence-electron chi connectivity index (χ2n) is 1.46. The van der Waals surface area contributed by atoms with Gasteiger partial charge in [0.25, 0.3) is 0 Å². The first-order chi connectivity index (χ1) is 3.39. The van der Waals surface area contributed by atoms with Gasteiger partial charge in [0.05, 0.1) is 0 Å². The topological polar surface area (TPSA) is 12.9 Å². The van der Waals surface area contributed by atoms with Gasteiger partial charge in [0.15, 0.2) is 0 Å². The summed E-state index contributed by atoms with van der Waals surface area (Å²) in [7, 11) is 0. The SMILES string of the molecule is Cc1c[c-]ncc1.[Ar].[W]. The molecule has 9 heavy (non-hydrogen) atoms. The first-order valence-corrected chi connectivity index (χ1v) is 2.18. The van der Waals surface area contributed by atoms with E-state index in [1.54, 1.807) is 6.20 Å². The second kappa shape index (κ2) is 7.21. The molecule has 1 heterocycles. The minimum absolute atomic E-state index is 0. The molecule has 1 aromatic rings. The van der Waals surface area contributed by atoms with Crippen LogP contribution in [0.5, 0.6) is 0 Å². The summed E-state index contributed by atoms with van der Waals surface area (Å²) >= 11 is 0. The van der Waals surface area contributed by atoms with Crippen LogP contribution in [0.1, 0.15) is 5.56 Å². The number of hydrogen-bond donors (Lipinski definition) is 0. The molecule has 50 valence electrons. The van der Waals surface area contributed by atoms with Crippen molar-refractivity contribution >= 4 is 0 Å². The van der Waals surface area contributed by atoms with E-state index in [2.05, 4.69) is 11.2 Å². The van der Waals surface area contributed by atoms with Gasteiger partial charge in [-0.05, 0) is 0 Å². The minimum Gasteiger partial charge on any atom is -0.394 e. The molecule has 3 heteroatoms. The van der Waals surface area contributed by atoms with Gasteiger partial charge >= 0.3 is 0 Å². The van der Waals surface area contributed by atoms with Crippen LogP contribution in [-0.4, -0.2) is 4.98 Å². The Morgan fingerprint density at radius 1 is 1.56 bits per heavy atom. The summed E-state index contributed by atoms with van der Waals surface area (Å²) in [6.45, 7) is 2.01. The van der Waals surface area contributed by atoms with Gasteiger partial charge in [0.2, 0.25) is 0 Å². The molecule has 1 nitrogen and oxygen atoms in total. The molecule has 0 unspecified atom stereocenters. The van der Waals surface area contributed by atoms with Crippen LogP contribution in [0.15, 0.2) is 18.3 Å². The molecular formula is C6H6ArNW-. The average Bonchev–Trinajstić information content (AvgIpc) is 1.69. The molecule has 0 radical (unpaired) electrons. The maximum Gasteiger partial charge on any atom is 0 e. The zero-order chi connectivity index (χ0) is 5.11. The van der Waals surface area contributed by atoms with Crippen molar-refractivity contribution in [3.8, 4) is 0 Å². The summed E-state index contributed by atoms with van der Waals surface area (Å²) < 4.78 is 0. The van der Waals surface area contributed by atoms with Crippen molar-refractivity contribution in [1.82, 2.24) is 4.98 Å². The summed E-state index contributed by atoms with van der Waals surface area (Å²) in [4.78, 5) is 3.72. The number of rotatable bonds is 0. The molecular weight excluding hydrogens is 310 g/mol. The van der Waals surface area contributed by atoms with E-state index in [9.17, 15) is 0 Å². The largest absolute Gasteiger partial charge is 0.394 e. The van der Waals surface area contributed by atoms with Gasteiger partial charge in [-0.3, -0.25) is 0 Å². The van der Waals surface area contributed by atoms with E-state index in [-0.39, 0.29) is 58.8 Å². The third-order valence-corrected chi connectivity index (χ3v) is 0.779. The predicted octanol–water partition coefficient (Wildman–Crippen LogP) is 1.19. The maximum absolute atomic E-state index is 3.72. The molecule has 1 rings (SSSR count). The van der Waals surface area contributed by atoms with Crippen LogP contribution >= 0.6 is 0 Å². The zero-order valence-electron chi connectivity index (χ0n) is 4.94. The molecule has 1 aromatic heterocycles. The van der Waals surface area contributed by atoms with Gasteiger partial charge < -0.3 is 4.98 Å². The Bertz CT molecular complexity index is 143. The molecule has 0 fully saturated rings. The van der Waals surface area contributed by atoms with E-state index in [4.69, 9.17) is 0 Å². The number of nitrogens with zero attached hydrogens (tertiary/aromatic N) is 1. The van der Waals surface area contributed by atoms with E-state index >= 15 is 0 Å². The van der Waals surface area contributed by atoms with Crippen LogP contribution in [-0.2, 0) is 21.1 Å². The third kappa shape index (κ3) is 5.54. The number of hydrogen-bond acceptors (Lipinski definition) is 1. The smallest absolute Gasteiger partial charge is 0 e. The summed E-state index contributed by atoms with van der Waals surface area (Å²) in [6.07, 6.45) is 4.44. The third-order valence-electron chi connectivity index (χ3n) is 0.779. The van der Waals surface area contributed by atoms with Crippen molar-refractivity contribution in [3.63, 3.8) is 0 Å². The Balaban J connectivity index is 0. The van der Waals surface area contributed by atoms with Crippen molar-refractivity contribution in [2.75, 3.05) is 0 Å². The Hall–Kier alpha value is 1.10. The first kappa shape index (κ1) is 12.7. The molecule has 0 aliphatic heterocycles. The Kier molecular flexibility index (Phi) is 10.2. The summed E-state index contributed by atoms with van der Waals surface area (Å²) in [5.41, 5.74) is 1.20. The molecule has 0 saturated carbocycles. The van der Waals surface area contributed by atoms with Crippen molar-refractivity contribution in [2.24, 2.45) is 0 Å². The van der Waals surface area contributed by atoms with Crippen molar-refractivity contribution in [1.29, 1.82) is 0 Å². The van der Waals surface area contributed by atoms with Crippen LogP contribution in [0.4, 0.5) is 0 Å². The number of aryl methyl sites for hydroxylation is 1. The van der Waals surface area contributed by atoms with Gasteiger partial charge in [0.1, 0.15) is 0 Å². The predicted molar refractivity (Wildman–Crippen MR) is 27.8 cm³/mol.